The van der Waals surface area contributed by atoms with Crippen LogP contribution in [0.5, 0.6) is 0 Å². The summed E-state index contributed by atoms with van der Waals surface area (Å²) in [5.41, 5.74) is 7.55. The molecule has 1 aromatic rings. The lowest BCUT2D eigenvalue weighted by atomic mass is 10.00. The van der Waals surface area contributed by atoms with Gasteiger partial charge < -0.3 is 5.73 Å². The molecule has 0 bridgehead atoms. The van der Waals surface area contributed by atoms with Gasteiger partial charge in [0.2, 0.25) is 0 Å². The zero-order valence-electron chi connectivity index (χ0n) is 7.59. The lowest BCUT2D eigenvalue weighted by Gasteiger charge is -2.12. The minimum atomic E-state index is -0.225. The summed E-state index contributed by atoms with van der Waals surface area (Å²) in [6.45, 7) is 0. The largest absolute Gasteiger partial charge is 0.324 e. The van der Waals surface area contributed by atoms with Gasteiger partial charge in [-0.25, -0.2) is 4.39 Å². The quantitative estimate of drug-likeness (QED) is 0.743. The van der Waals surface area contributed by atoms with Crippen LogP contribution in [0.2, 0.25) is 5.02 Å². The number of hydrogen-bond donors (Lipinski definition) is 1. The van der Waals surface area contributed by atoms with Crippen molar-refractivity contribution in [1.82, 2.24) is 0 Å². The van der Waals surface area contributed by atoms with Crippen molar-refractivity contribution < 1.29 is 4.39 Å². The molecule has 76 valence electrons. The van der Waals surface area contributed by atoms with Gasteiger partial charge in [-0.2, -0.15) is 11.8 Å². The van der Waals surface area contributed by atoms with E-state index in [1.807, 2.05) is 0 Å². The summed E-state index contributed by atoms with van der Waals surface area (Å²) in [5.74, 6) is 1.45. The maximum Gasteiger partial charge on any atom is 0.129 e. The lowest BCUT2D eigenvalue weighted by molar-refractivity contribution is 0.606. The van der Waals surface area contributed by atoms with E-state index in [0.29, 0.717) is 10.8 Å². The second-order valence-electron chi connectivity index (χ2n) is 3.40. The standard InChI is InChI=1S/C10H11ClFNS/c11-6-3-7-8(9(12)4-6)5-14-2-1-10(7)13/h3-4,10H,1-2,5,13H2/t10-/m1/s1. The van der Waals surface area contributed by atoms with Crippen molar-refractivity contribution >= 4 is 23.4 Å². The number of rotatable bonds is 0. The van der Waals surface area contributed by atoms with Gasteiger partial charge in [0.05, 0.1) is 0 Å². The molecule has 0 radical (unpaired) electrons. The SMILES string of the molecule is N[C@@H]1CCSCc2c(F)cc(Cl)cc21. The van der Waals surface area contributed by atoms with Crippen LogP contribution >= 0.6 is 23.4 Å². The van der Waals surface area contributed by atoms with E-state index in [-0.39, 0.29) is 11.9 Å². The number of hydrogen-bond acceptors (Lipinski definition) is 2. The predicted molar refractivity (Wildman–Crippen MR) is 59.1 cm³/mol. The summed E-state index contributed by atoms with van der Waals surface area (Å²) >= 11 is 7.52. The Balaban J connectivity index is 2.53. The molecular weight excluding hydrogens is 221 g/mol. The number of halogens is 2. The molecule has 0 spiro atoms. The smallest absolute Gasteiger partial charge is 0.129 e. The Morgan fingerprint density at radius 2 is 2.29 bits per heavy atom. The van der Waals surface area contributed by atoms with E-state index >= 15 is 0 Å². The molecule has 1 aliphatic heterocycles. The molecule has 0 saturated heterocycles. The van der Waals surface area contributed by atoms with E-state index in [1.54, 1.807) is 17.8 Å². The Labute approximate surface area is 91.8 Å². The van der Waals surface area contributed by atoms with Gasteiger partial charge in [-0.05, 0) is 29.9 Å². The third-order valence-corrected chi connectivity index (χ3v) is 3.65. The minimum Gasteiger partial charge on any atom is -0.324 e. The zero-order valence-corrected chi connectivity index (χ0v) is 9.17. The van der Waals surface area contributed by atoms with Crippen LogP contribution in [-0.2, 0) is 5.75 Å². The first-order chi connectivity index (χ1) is 6.68. The molecule has 1 atom stereocenters. The monoisotopic (exact) mass is 231 g/mol. The highest BCUT2D eigenvalue weighted by Gasteiger charge is 2.19. The molecular formula is C10H11ClFNS. The van der Waals surface area contributed by atoms with Gasteiger partial charge in [-0.1, -0.05) is 11.6 Å². The molecule has 0 unspecified atom stereocenters. The van der Waals surface area contributed by atoms with Crippen LogP contribution in [0.4, 0.5) is 4.39 Å². The molecule has 0 aliphatic carbocycles. The summed E-state index contributed by atoms with van der Waals surface area (Å²) < 4.78 is 13.5. The third kappa shape index (κ3) is 1.90. The second kappa shape index (κ2) is 4.09. The fourth-order valence-electron chi connectivity index (χ4n) is 1.65. The maximum absolute atomic E-state index is 13.5. The molecule has 14 heavy (non-hydrogen) atoms. The second-order valence-corrected chi connectivity index (χ2v) is 4.94. The highest BCUT2D eigenvalue weighted by atomic mass is 35.5. The molecule has 1 nitrogen and oxygen atoms in total. The zero-order chi connectivity index (χ0) is 10.1. The molecule has 0 amide bonds. The highest BCUT2D eigenvalue weighted by Crippen LogP contribution is 2.32. The first-order valence-electron chi connectivity index (χ1n) is 4.49. The van der Waals surface area contributed by atoms with Crippen molar-refractivity contribution in [1.29, 1.82) is 0 Å². The van der Waals surface area contributed by atoms with Gasteiger partial charge in [0.1, 0.15) is 5.82 Å². The number of nitrogens with two attached hydrogens (primary N) is 1. The molecule has 1 aliphatic rings. The fraction of sp³-hybridized carbons (Fsp3) is 0.400. The van der Waals surface area contributed by atoms with E-state index in [2.05, 4.69) is 0 Å². The van der Waals surface area contributed by atoms with E-state index in [9.17, 15) is 4.39 Å². The molecule has 0 saturated carbocycles. The van der Waals surface area contributed by atoms with E-state index in [4.69, 9.17) is 17.3 Å². The van der Waals surface area contributed by atoms with Gasteiger partial charge >= 0.3 is 0 Å². The van der Waals surface area contributed by atoms with Crippen molar-refractivity contribution in [2.45, 2.75) is 18.2 Å². The topological polar surface area (TPSA) is 26.0 Å². The Kier molecular flexibility index (Phi) is 3.00. The van der Waals surface area contributed by atoms with Crippen LogP contribution in [0.1, 0.15) is 23.6 Å². The molecule has 2 rings (SSSR count). The average Bonchev–Trinajstić information content (AvgIpc) is 2.29. The molecule has 1 aromatic carbocycles. The Hall–Kier alpha value is -0.250. The van der Waals surface area contributed by atoms with E-state index in [0.717, 1.165) is 23.3 Å². The van der Waals surface area contributed by atoms with Crippen LogP contribution in [0, 0.1) is 5.82 Å². The predicted octanol–water partition coefficient (Wildman–Crippen LogP) is 3.12. The number of thioether (sulfide) groups is 1. The van der Waals surface area contributed by atoms with Gasteiger partial charge in [-0.15, -0.1) is 0 Å². The Morgan fingerprint density at radius 3 is 3.07 bits per heavy atom. The molecule has 0 fully saturated rings. The first kappa shape index (κ1) is 10.3. The van der Waals surface area contributed by atoms with Crippen molar-refractivity contribution in [3.63, 3.8) is 0 Å². The summed E-state index contributed by atoms with van der Waals surface area (Å²) in [7, 11) is 0. The average molecular weight is 232 g/mol. The number of fused-ring (bicyclic) bond motifs is 1. The van der Waals surface area contributed by atoms with Crippen molar-refractivity contribution in [2.75, 3.05) is 5.75 Å². The van der Waals surface area contributed by atoms with Crippen molar-refractivity contribution in [2.24, 2.45) is 5.73 Å². The third-order valence-electron chi connectivity index (χ3n) is 2.41. The molecule has 4 heteroatoms. The van der Waals surface area contributed by atoms with Gasteiger partial charge in [-0.3, -0.25) is 0 Å². The Bertz CT molecular complexity index is 356. The summed E-state index contributed by atoms with van der Waals surface area (Å²) in [6.07, 6.45) is 0.886. The van der Waals surface area contributed by atoms with Crippen molar-refractivity contribution in [3.8, 4) is 0 Å². The van der Waals surface area contributed by atoms with Gasteiger partial charge in [0, 0.05) is 22.4 Å². The van der Waals surface area contributed by atoms with Crippen LogP contribution in [-0.4, -0.2) is 5.75 Å². The molecule has 2 N–H and O–H groups in total. The first-order valence-corrected chi connectivity index (χ1v) is 6.03. The van der Waals surface area contributed by atoms with Gasteiger partial charge in [0.25, 0.3) is 0 Å². The molecule has 1 heterocycles. The van der Waals surface area contributed by atoms with E-state index in [1.165, 1.54) is 6.07 Å². The van der Waals surface area contributed by atoms with Gasteiger partial charge in [0.15, 0.2) is 0 Å². The normalized spacial score (nSPS) is 21.5. The van der Waals surface area contributed by atoms with Crippen LogP contribution in [0.25, 0.3) is 0 Å². The molecule has 0 aromatic heterocycles. The number of benzene rings is 1. The summed E-state index contributed by atoms with van der Waals surface area (Å²) in [6, 6.07) is 3.07. The highest BCUT2D eigenvalue weighted by molar-refractivity contribution is 7.98. The van der Waals surface area contributed by atoms with Crippen LogP contribution < -0.4 is 5.73 Å². The van der Waals surface area contributed by atoms with Crippen LogP contribution in [0.3, 0.4) is 0 Å². The lowest BCUT2D eigenvalue weighted by Crippen LogP contribution is -2.12. The van der Waals surface area contributed by atoms with E-state index < -0.39 is 0 Å². The maximum atomic E-state index is 13.5. The summed E-state index contributed by atoms with van der Waals surface area (Å²) in [4.78, 5) is 0. The fourth-order valence-corrected chi connectivity index (χ4v) is 2.93. The Morgan fingerprint density at radius 1 is 1.50 bits per heavy atom. The van der Waals surface area contributed by atoms with Crippen molar-refractivity contribution in [3.05, 3.63) is 34.1 Å². The summed E-state index contributed by atoms with van der Waals surface area (Å²) in [5, 5.41) is 0.434. The van der Waals surface area contributed by atoms with Crippen LogP contribution in [0.15, 0.2) is 12.1 Å². The minimum absolute atomic E-state index is 0.0757.